The van der Waals surface area contributed by atoms with Crippen LogP contribution in [-0.4, -0.2) is 22.9 Å². The summed E-state index contributed by atoms with van der Waals surface area (Å²) in [4.78, 5) is 11.4. The SMILES string of the molecule is CCOC(=O)C1=C(C)C(C)SC1=N. The quantitative estimate of drug-likeness (QED) is 0.692. The number of rotatable bonds is 2. The van der Waals surface area contributed by atoms with Crippen LogP contribution < -0.4 is 0 Å². The third-order valence-corrected chi connectivity index (χ3v) is 3.15. The van der Waals surface area contributed by atoms with E-state index in [9.17, 15) is 4.79 Å². The van der Waals surface area contributed by atoms with E-state index in [4.69, 9.17) is 10.1 Å². The molecule has 0 aromatic heterocycles. The molecule has 1 N–H and O–H groups in total. The highest BCUT2D eigenvalue weighted by atomic mass is 32.2. The molecule has 0 aliphatic carbocycles. The van der Waals surface area contributed by atoms with E-state index in [1.807, 2.05) is 13.8 Å². The Morgan fingerprint density at radius 2 is 2.31 bits per heavy atom. The molecule has 0 amide bonds. The third-order valence-electron chi connectivity index (χ3n) is 2.01. The van der Waals surface area contributed by atoms with Crippen molar-refractivity contribution >= 4 is 22.8 Å². The van der Waals surface area contributed by atoms with Crippen LogP contribution in [-0.2, 0) is 9.53 Å². The maximum atomic E-state index is 11.4. The van der Waals surface area contributed by atoms with Crippen molar-refractivity contribution in [1.29, 1.82) is 5.41 Å². The Morgan fingerprint density at radius 3 is 2.69 bits per heavy atom. The summed E-state index contributed by atoms with van der Waals surface area (Å²) in [6, 6.07) is 0. The lowest BCUT2D eigenvalue weighted by Crippen LogP contribution is -2.11. The van der Waals surface area contributed by atoms with E-state index in [0.717, 1.165) is 5.57 Å². The van der Waals surface area contributed by atoms with Crippen LogP contribution in [0.4, 0.5) is 0 Å². The first-order valence-electron chi connectivity index (χ1n) is 4.21. The molecule has 1 aliphatic heterocycles. The lowest BCUT2D eigenvalue weighted by Gasteiger charge is -2.02. The first kappa shape index (κ1) is 10.3. The standard InChI is InChI=1S/C9H13NO2S/c1-4-12-9(11)7-5(2)6(3)13-8(7)10/h6,10H,4H2,1-3H3. The van der Waals surface area contributed by atoms with Crippen molar-refractivity contribution < 1.29 is 9.53 Å². The zero-order valence-electron chi connectivity index (χ0n) is 8.01. The fraction of sp³-hybridized carbons (Fsp3) is 0.556. The maximum Gasteiger partial charge on any atom is 0.340 e. The second-order valence-corrected chi connectivity index (χ2v) is 4.22. The molecule has 0 saturated heterocycles. The van der Waals surface area contributed by atoms with Gasteiger partial charge in [0.1, 0.15) is 5.04 Å². The second-order valence-electron chi connectivity index (χ2n) is 2.87. The molecular weight excluding hydrogens is 186 g/mol. The van der Waals surface area contributed by atoms with Gasteiger partial charge in [0.15, 0.2) is 0 Å². The molecule has 0 radical (unpaired) electrons. The van der Waals surface area contributed by atoms with Crippen molar-refractivity contribution in [3.63, 3.8) is 0 Å². The van der Waals surface area contributed by atoms with Gasteiger partial charge in [-0.1, -0.05) is 11.8 Å². The molecule has 0 aromatic rings. The molecule has 13 heavy (non-hydrogen) atoms. The summed E-state index contributed by atoms with van der Waals surface area (Å²) in [5.74, 6) is -0.359. The van der Waals surface area contributed by atoms with Gasteiger partial charge in [-0.25, -0.2) is 4.79 Å². The molecule has 0 saturated carbocycles. The van der Waals surface area contributed by atoms with E-state index in [1.165, 1.54) is 11.8 Å². The van der Waals surface area contributed by atoms with Gasteiger partial charge in [-0.2, -0.15) is 0 Å². The van der Waals surface area contributed by atoms with Gasteiger partial charge in [-0.15, -0.1) is 0 Å². The van der Waals surface area contributed by atoms with Crippen LogP contribution >= 0.6 is 11.8 Å². The Morgan fingerprint density at radius 1 is 1.69 bits per heavy atom. The van der Waals surface area contributed by atoms with E-state index >= 15 is 0 Å². The molecule has 0 spiro atoms. The molecule has 1 heterocycles. The minimum absolute atomic E-state index is 0.229. The van der Waals surface area contributed by atoms with Gasteiger partial charge in [0, 0.05) is 5.25 Å². The van der Waals surface area contributed by atoms with E-state index in [2.05, 4.69) is 0 Å². The fourth-order valence-corrected chi connectivity index (χ4v) is 2.17. The highest BCUT2D eigenvalue weighted by Crippen LogP contribution is 2.33. The predicted octanol–water partition coefficient (Wildman–Crippen LogP) is 1.98. The monoisotopic (exact) mass is 199 g/mol. The van der Waals surface area contributed by atoms with Gasteiger partial charge in [-0.3, -0.25) is 5.41 Å². The van der Waals surface area contributed by atoms with Crippen molar-refractivity contribution in [1.82, 2.24) is 0 Å². The number of esters is 1. The molecule has 3 nitrogen and oxygen atoms in total. The predicted molar refractivity (Wildman–Crippen MR) is 54.1 cm³/mol. The number of carbonyl (C=O) groups excluding carboxylic acids is 1. The van der Waals surface area contributed by atoms with E-state index < -0.39 is 0 Å². The van der Waals surface area contributed by atoms with E-state index in [0.29, 0.717) is 17.2 Å². The normalized spacial score (nSPS) is 22.4. The van der Waals surface area contributed by atoms with Crippen LogP contribution in [0.15, 0.2) is 11.1 Å². The van der Waals surface area contributed by atoms with Gasteiger partial charge in [0.25, 0.3) is 0 Å². The van der Waals surface area contributed by atoms with Crippen molar-refractivity contribution in [3.05, 3.63) is 11.1 Å². The number of hydrogen-bond acceptors (Lipinski definition) is 4. The van der Waals surface area contributed by atoms with Crippen LogP contribution in [0.2, 0.25) is 0 Å². The maximum absolute atomic E-state index is 11.4. The summed E-state index contributed by atoms with van der Waals surface area (Å²) in [5.41, 5.74) is 1.41. The average Bonchev–Trinajstić information content (AvgIpc) is 2.27. The van der Waals surface area contributed by atoms with Crippen LogP contribution in [0, 0.1) is 5.41 Å². The number of nitrogens with one attached hydrogen (secondary N) is 1. The van der Waals surface area contributed by atoms with Gasteiger partial charge in [-0.05, 0) is 26.3 Å². The van der Waals surface area contributed by atoms with E-state index in [1.54, 1.807) is 6.92 Å². The molecule has 1 aliphatic rings. The highest BCUT2D eigenvalue weighted by Gasteiger charge is 2.29. The summed E-state index contributed by atoms with van der Waals surface area (Å²) in [6.07, 6.45) is 0. The zero-order chi connectivity index (χ0) is 10.0. The molecule has 1 atom stereocenters. The average molecular weight is 199 g/mol. The summed E-state index contributed by atoms with van der Waals surface area (Å²) in [7, 11) is 0. The van der Waals surface area contributed by atoms with Gasteiger partial charge >= 0.3 is 5.97 Å². The molecule has 0 fully saturated rings. The lowest BCUT2D eigenvalue weighted by atomic mass is 10.1. The number of thioether (sulfide) groups is 1. The first-order chi connectivity index (χ1) is 6.07. The Hall–Kier alpha value is -0.770. The minimum atomic E-state index is -0.359. The van der Waals surface area contributed by atoms with Crippen LogP contribution in [0.25, 0.3) is 0 Å². The van der Waals surface area contributed by atoms with Crippen LogP contribution in [0.5, 0.6) is 0 Å². The first-order valence-corrected chi connectivity index (χ1v) is 5.09. The Bertz CT molecular complexity index is 283. The van der Waals surface area contributed by atoms with Gasteiger partial charge in [0.2, 0.25) is 0 Å². The largest absolute Gasteiger partial charge is 0.462 e. The van der Waals surface area contributed by atoms with Crippen molar-refractivity contribution in [2.75, 3.05) is 6.61 Å². The Labute approximate surface area is 82.0 Å². The van der Waals surface area contributed by atoms with Crippen LogP contribution in [0.1, 0.15) is 20.8 Å². The lowest BCUT2D eigenvalue weighted by molar-refractivity contribution is -0.137. The summed E-state index contributed by atoms with van der Waals surface area (Å²) < 4.78 is 4.86. The van der Waals surface area contributed by atoms with Crippen LogP contribution in [0.3, 0.4) is 0 Å². The molecule has 0 bridgehead atoms. The topological polar surface area (TPSA) is 50.2 Å². The van der Waals surface area contributed by atoms with Gasteiger partial charge in [0.05, 0.1) is 12.2 Å². The number of hydrogen-bond donors (Lipinski definition) is 1. The van der Waals surface area contributed by atoms with Crippen molar-refractivity contribution in [2.45, 2.75) is 26.0 Å². The van der Waals surface area contributed by atoms with Crippen molar-refractivity contribution in [2.24, 2.45) is 0 Å². The minimum Gasteiger partial charge on any atom is -0.462 e. The molecule has 1 unspecified atom stereocenters. The molecular formula is C9H13NO2S. The molecule has 72 valence electrons. The highest BCUT2D eigenvalue weighted by molar-refractivity contribution is 8.15. The second kappa shape index (κ2) is 3.96. The molecule has 4 heteroatoms. The summed E-state index contributed by atoms with van der Waals surface area (Å²) in [5, 5.41) is 8.14. The third kappa shape index (κ3) is 1.94. The van der Waals surface area contributed by atoms with E-state index in [-0.39, 0.29) is 11.2 Å². The summed E-state index contributed by atoms with van der Waals surface area (Å²) >= 11 is 1.40. The summed E-state index contributed by atoms with van der Waals surface area (Å²) in [6.45, 7) is 6.00. The van der Waals surface area contributed by atoms with Crippen molar-refractivity contribution in [3.8, 4) is 0 Å². The fourth-order valence-electron chi connectivity index (χ4n) is 1.16. The number of ether oxygens (including phenoxy) is 1. The Balaban J connectivity index is 2.89. The Kier molecular flexibility index (Phi) is 3.14. The number of carbonyl (C=O) groups is 1. The molecule has 0 aromatic carbocycles. The molecule has 1 rings (SSSR count). The smallest absolute Gasteiger partial charge is 0.340 e. The zero-order valence-corrected chi connectivity index (χ0v) is 8.83. The van der Waals surface area contributed by atoms with Gasteiger partial charge < -0.3 is 4.74 Å².